The van der Waals surface area contributed by atoms with Crippen molar-refractivity contribution in [2.75, 3.05) is 5.73 Å². The van der Waals surface area contributed by atoms with Gasteiger partial charge in [0.2, 0.25) is 0 Å². The van der Waals surface area contributed by atoms with Crippen LogP contribution in [0.15, 0.2) is 30.5 Å². The van der Waals surface area contributed by atoms with Crippen LogP contribution in [0.4, 0.5) is 24.5 Å². The lowest BCUT2D eigenvalue weighted by molar-refractivity contribution is -0.383. The molecule has 0 saturated carbocycles. The van der Waals surface area contributed by atoms with E-state index in [0.29, 0.717) is 0 Å². The molecule has 2 aromatic rings. The van der Waals surface area contributed by atoms with Crippen LogP contribution in [0.3, 0.4) is 0 Å². The summed E-state index contributed by atoms with van der Waals surface area (Å²) in [4.78, 5) is 9.88. The van der Waals surface area contributed by atoms with Gasteiger partial charge in [-0.25, -0.2) is 4.68 Å². The number of hydrogen-bond donors (Lipinski definition) is 1. The number of nitro groups is 1. The van der Waals surface area contributed by atoms with Crippen LogP contribution in [0.1, 0.15) is 5.69 Å². The summed E-state index contributed by atoms with van der Waals surface area (Å²) >= 11 is 0. The molecule has 1 aromatic heterocycles. The summed E-state index contributed by atoms with van der Waals surface area (Å²) in [6.45, 7) is 0. The maximum Gasteiger partial charge on any atom is 0.435 e. The van der Waals surface area contributed by atoms with Crippen molar-refractivity contribution in [2.24, 2.45) is 0 Å². The molecule has 0 unspecified atom stereocenters. The predicted molar refractivity (Wildman–Crippen MR) is 59.6 cm³/mol. The quantitative estimate of drug-likeness (QED) is 0.516. The van der Waals surface area contributed by atoms with Crippen LogP contribution in [0, 0.1) is 10.1 Å². The molecule has 1 heterocycles. The lowest BCUT2D eigenvalue weighted by atomic mass is 10.2. The zero-order valence-corrected chi connectivity index (χ0v) is 9.26. The fourth-order valence-electron chi connectivity index (χ4n) is 1.47. The largest absolute Gasteiger partial charge is 0.435 e. The van der Waals surface area contributed by atoms with E-state index in [0.717, 1.165) is 23.0 Å². The summed E-state index contributed by atoms with van der Waals surface area (Å²) in [5.74, 6) is 0. The first kappa shape index (κ1) is 12.9. The van der Waals surface area contributed by atoms with Crippen molar-refractivity contribution in [3.63, 3.8) is 0 Å². The molecule has 100 valence electrons. The molecule has 0 aliphatic rings. The van der Waals surface area contributed by atoms with Gasteiger partial charge in [0.25, 0.3) is 5.69 Å². The highest BCUT2D eigenvalue weighted by Gasteiger charge is 2.33. The summed E-state index contributed by atoms with van der Waals surface area (Å²) in [6.07, 6.45) is -3.44. The third kappa shape index (κ3) is 2.49. The van der Waals surface area contributed by atoms with Crippen molar-refractivity contribution in [1.29, 1.82) is 0 Å². The van der Waals surface area contributed by atoms with Crippen LogP contribution in [0.2, 0.25) is 0 Å². The molecular formula is C10H7F3N4O2. The smallest absolute Gasteiger partial charge is 0.393 e. The monoisotopic (exact) mass is 272 g/mol. The standard InChI is InChI=1S/C10H7F3N4O2/c11-10(12,13)9-3-4-16(15-9)6-1-2-8(17(18)19)7(14)5-6/h1-5H,14H2. The highest BCUT2D eigenvalue weighted by molar-refractivity contribution is 5.62. The highest BCUT2D eigenvalue weighted by atomic mass is 19.4. The summed E-state index contributed by atoms with van der Waals surface area (Å²) < 4.78 is 38.1. The van der Waals surface area contributed by atoms with Gasteiger partial charge >= 0.3 is 6.18 Å². The lowest BCUT2D eigenvalue weighted by Gasteiger charge is -2.04. The maximum atomic E-state index is 12.4. The Morgan fingerprint density at radius 2 is 2.00 bits per heavy atom. The first-order chi connectivity index (χ1) is 8.79. The fourth-order valence-corrected chi connectivity index (χ4v) is 1.47. The number of aromatic nitrogens is 2. The molecule has 6 nitrogen and oxygen atoms in total. The van der Waals surface area contributed by atoms with Gasteiger partial charge < -0.3 is 5.73 Å². The van der Waals surface area contributed by atoms with Crippen LogP contribution in [0.25, 0.3) is 5.69 Å². The minimum atomic E-state index is -4.54. The van der Waals surface area contributed by atoms with Crippen molar-refractivity contribution >= 4 is 11.4 Å². The molecule has 19 heavy (non-hydrogen) atoms. The van der Waals surface area contributed by atoms with E-state index in [9.17, 15) is 23.3 Å². The number of halogens is 3. The van der Waals surface area contributed by atoms with E-state index in [4.69, 9.17) is 5.73 Å². The van der Waals surface area contributed by atoms with E-state index < -0.39 is 16.8 Å². The first-order valence-corrected chi connectivity index (χ1v) is 4.96. The van der Waals surface area contributed by atoms with Gasteiger partial charge in [-0.2, -0.15) is 18.3 Å². The molecule has 0 radical (unpaired) electrons. The number of anilines is 1. The van der Waals surface area contributed by atoms with Gasteiger partial charge in [-0.3, -0.25) is 10.1 Å². The number of nitrogens with two attached hydrogens (primary N) is 1. The van der Waals surface area contributed by atoms with Crippen molar-refractivity contribution in [2.45, 2.75) is 6.18 Å². The molecule has 0 spiro atoms. The highest BCUT2D eigenvalue weighted by Crippen LogP contribution is 2.29. The Morgan fingerprint density at radius 1 is 1.32 bits per heavy atom. The van der Waals surface area contributed by atoms with Gasteiger partial charge in [0.1, 0.15) is 5.69 Å². The second-order valence-corrected chi connectivity index (χ2v) is 3.64. The maximum absolute atomic E-state index is 12.4. The van der Waals surface area contributed by atoms with Crippen LogP contribution in [0.5, 0.6) is 0 Å². The molecule has 9 heteroatoms. The Morgan fingerprint density at radius 3 is 2.47 bits per heavy atom. The summed E-state index contributed by atoms with van der Waals surface area (Å²) in [7, 11) is 0. The Kier molecular flexibility index (Phi) is 2.89. The van der Waals surface area contributed by atoms with Gasteiger partial charge in [0.05, 0.1) is 10.6 Å². The average Bonchev–Trinajstić information content (AvgIpc) is 2.76. The molecule has 0 atom stereocenters. The topological polar surface area (TPSA) is 87.0 Å². The van der Waals surface area contributed by atoms with Crippen LogP contribution in [-0.4, -0.2) is 14.7 Å². The number of nitro benzene ring substituents is 1. The van der Waals surface area contributed by atoms with E-state index in [1.54, 1.807) is 0 Å². The van der Waals surface area contributed by atoms with Crippen molar-refractivity contribution in [3.05, 3.63) is 46.3 Å². The number of rotatable bonds is 2. The Labute approximate surface area is 104 Å². The molecule has 0 aliphatic carbocycles. The molecule has 2 rings (SSSR count). The van der Waals surface area contributed by atoms with Crippen molar-refractivity contribution in [3.8, 4) is 5.69 Å². The number of hydrogen-bond acceptors (Lipinski definition) is 4. The van der Waals surface area contributed by atoms with Crippen LogP contribution in [-0.2, 0) is 6.18 Å². The second kappa shape index (κ2) is 4.26. The molecule has 0 saturated heterocycles. The third-order valence-electron chi connectivity index (χ3n) is 2.35. The van der Waals surface area contributed by atoms with Gasteiger partial charge in [0, 0.05) is 12.3 Å². The first-order valence-electron chi connectivity index (χ1n) is 4.96. The molecular weight excluding hydrogens is 265 g/mol. The molecule has 0 aliphatic heterocycles. The van der Waals surface area contributed by atoms with Gasteiger partial charge in [-0.15, -0.1) is 0 Å². The SMILES string of the molecule is Nc1cc(-n2ccc(C(F)(F)F)n2)ccc1[N+](=O)[O-]. The van der Waals surface area contributed by atoms with Gasteiger partial charge in [-0.05, 0) is 18.2 Å². The third-order valence-corrected chi connectivity index (χ3v) is 2.35. The van der Waals surface area contributed by atoms with E-state index in [2.05, 4.69) is 5.10 Å². The molecule has 0 amide bonds. The number of nitrogen functional groups attached to an aromatic ring is 1. The lowest BCUT2D eigenvalue weighted by Crippen LogP contribution is -2.07. The van der Waals surface area contributed by atoms with Crippen LogP contribution < -0.4 is 5.73 Å². The minimum absolute atomic E-state index is 0.147. The van der Waals surface area contributed by atoms with E-state index in [-0.39, 0.29) is 17.1 Å². The van der Waals surface area contributed by atoms with Crippen LogP contribution >= 0.6 is 0 Å². The van der Waals surface area contributed by atoms with Gasteiger partial charge in [0.15, 0.2) is 5.69 Å². The Balaban J connectivity index is 2.40. The zero-order chi connectivity index (χ0) is 14.2. The van der Waals surface area contributed by atoms with Gasteiger partial charge in [-0.1, -0.05) is 0 Å². The number of nitrogens with zero attached hydrogens (tertiary/aromatic N) is 3. The Hall–Kier alpha value is -2.58. The number of alkyl halides is 3. The van der Waals surface area contributed by atoms with E-state index >= 15 is 0 Å². The summed E-state index contributed by atoms with van der Waals surface area (Å²) in [6, 6.07) is 4.37. The van der Waals surface area contributed by atoms with Crippen molar-refractivity contribution < 1.29 is 18.1 Å². The minimum Gasteiger partial charge on any atom is -0.393 e. The molecule has 1 aromatic carbocycles. The predicted octanol–water partition coefficient (Wildman–Crippen LogP) is 2.38. The average molecular weight is 272 g/mol. The normalized spacial score (nSPS) is 11.5. The summed E-state index contributed by atoms with van der Waals surface area (Å²) in [5.41, 5.74) is 4.14. The molecule has 0 fully saturated rings. The second-order valence-electron chi connectivity index (χ2n) is 3.64. The Bertz CT molecular complexity index is 636. The molecule has 2 N–H and O–H groups in total. The van der Waals surface area contributed by atoms with E-state index in [1.165, 1.54) is 12.1 Å². The fraction of sp³-hybridized carbons (Fsp3) is 0.100. The summed E-state index contributed by atoms with van der Waals surface area (Å²) in [5, 5.41) is 13.9. The van der Waals surface area contributed by atoms with E-state index in [1.807, 2.05) is 0 Å². The van der Waals surface area contributed by atoms with Crippen molar-refractivity contribution in [1.82, 2.24) is 9.78 Å². The number of benzene rings is 1. The molecule has 0 bridgehead atoms. The zero-order valence-electron chi connectivity index (χ0n) is 9.26.